The fourth-order valence-corrected chi connectivity index (χ4v) is 6.74. The van der Waals surface area contributed by atoms with Gasteiger partial charge in [-0.1, -0.05) is 38.7 Å². The standard InChI is InChI=1S/C27H40F2O2/c1-2-3-19-4-6-20(7-5-19)21-8-10-22(11-9-21)24-13-14-26(30-17-24)23-12-15-27(31-18-28)25(29)16-23/h12,15-16,19-22,24,26H,2-11,13-14,17-18H2,1H3. The van der Waals surface area contributed by atoms with Crippen molar-refractivity contribution in [2.45, 2.75) is 90.1 Å². The van der Waals surface area contributed by atoms with Gasteiger partial charge in [0.1, 0.15) is 0 Å². The highest BCUT2D eigenvalue weighted by molar-refractivity contribution is 5.30. The van der Waals surface area contributed by atoms with Crippen LogP contribution in [-0.2, 0) is 4.74 Å². The second-order valence-corrected chi connectivity index (χ2v) is 10.3. The van der Waals surface area contributed by atoms with Gasteiger partial charge >= 0.3 is 0 Å². The predicted molar refractivity (Wildman–Crippen MR) is 120 cm³/mol. The zero-order valence-corrected chi connectivity index (χ0v) is 19.2. The van der Waals surface area contributed by atoms with Crippen molar-refractivity contribution in [2.75, 3.05) is 13.5 Å². The van der Waals surface area contributed by atoms with Gasteiger partial charge in [-0.05, 0) is 98.7 Å². The zero-order chi connectivity index (χ0) is 21.6. The molecule has 1 aliphatic heterocycles. The summed E-state index contributed by atoms with van der Waals surface area (Å²) in [6.45, 7) is 2.09. The number of hydrogen-bond donors (Lipinski definition) is 0. The molecule has 0 spiro atoms. The summed E-state index contributed by atoms with van der Waals surface area (Å²) < 4.78 is 37.2. The van der Waals surface area contributed by atoms with Crippen molar-refractivity contribution < 1.29 is 18.3 Å². The molecule has 1 aromatic carbocycles. The Hall–Kier alpha value is -1.16. The number of halogens is 2. The van der Waals surface area contributed by atoms with Crippen LogP contribution in [0.15, 0.2) is 18.2 Å². The molecule has 3 aliphatic rings. The first-order valence-corrected chi connectivity index (χ1v) is 12.8. The first-order chi connectivity index (χ1) is 15.2. The lowest BCUT2D eigenvalue weighted by atomic mass is 9.66. The Labute approximate surface area is 187 Å². The van der Waals surface area contributed by atoms with E-state index in [1.165, 1.54) is 76.3 Å². The van der Waals surface area contributed by atoms with Crippen LogP contribution in [0, 0.1) is 35.4 Å². The SMILES string of the molecule is CCCC1CCC(C2CCC(C3CCC(c4ccc(OCF)c(F)c4)OC3)CC2)CC1. The van der Waals surface area contributed by atoms with Crippen molar-refractivity contribution in [1.82, 2.24) is 0 Å². The van der Waals surface area contributed by atoms with E-state index >= 15 is 0 Å². The minimum Gasteiger partial charge on any atom is -0.460 e. The first kappa shape index (κ1) is 23.0. The van der Waals surface area contributed by atoms with Crippen molar-refractivity contribution in [2.24, 2.45) is 29.6 Å². The molecule has 0 amide bonds. The maximum Gasteiger partial charge on any atom is 0.228 e. The number of ether oxygens (including phenoxy) is 2. The molecule has 1 heterocycles. The lowest BCUT2D eigenvalue weighted by Gasteiger charge is -2.41. The van der Waals surface area contributed by atoms with Crippen molar-refractivity contribution in [3.8, 4) is 5.75 Å². The molecule has 4 rings (SSSR count). The molecular weight excluding hydrogens is 394 g/mol. The normalized spacial score (nSPS) is 34.4. The van der Waals surface area contributed by atoms with Gasteiger partial charge in [0, 0.05) is 0 Å². The van der Waals surface area contributed by atoms with E-state index in [1.807, 2.05) is 0 Å². The number of benzene rings is 1. The van der Waals surface area contributed by atoms with Crippen LogP contribution < -0.4 is 4.74 Å². The van der Waals surface area contributed by atoms with Crippen molar-refractivity contribution in [3.05, 3.63) is 29.6 Å². The Morgan fingerprint density at radius 2 is 1.48 bits per heavy atom. The van der Waals surface area contributed by atoms with Gasteiger partial charge in [-0.3, -0.25) is 0 Å². The van der Waals surface area contributed by atoms with Crippen LogP contribution in [0.2, 0.25) is 0 Å². The molecule has 4 heteroatoms. The van der Waals surface area contributed by atoms with Crippen LogP contribution in [0.5, 0.6) is 5.75 Å². The average molecular weight is 435 g/mol. The van der Waals surface area contributed by atoms with Crippen molar-refractivity contribution in [1.29, 1.82) is 0 Å². The Kier molecular flexibility index (Phi) is 8.25. The highest BCUT2D eigenvalue weighted by Crippen LogP contribution is 2.45. The monoisotopic (exact) mass is 434 g/mol. The Morgan fingerprint density at radius 1 is 0.871 bits per heavy atom. The molecular formula is C27H40F2O2. The first-order valence-electron chi connectivity index (χ1n) is 12.8. The molecule has 2 unspecified atom stereocenters. The van der Waals surface area contributed by atoms with E-state index in [0.29, 0.717) is 5.92 Å². The van der Waals surface area contributed by atoms with Crippen molar-refractivity contribution in [3.63, 3.8) is 0 Å². The smallest absolute Gasteiger partial charge is 0.228 e. The quantitative estimate of drug-likeness (QED) is 0.433. The van der Waals surface area contributed by atoms with Gasteiger partial charge in [-0.25, -0.2) is 8.78 Å². The number of hydrogen-bond acceptors (Lipinski definition) is 2. The molecule has 0 aromatic heterocycles. The summed E-state index contributed by atoms with van der Waals surface area (Å²) >= 11 is 0. The topological polar surface area (TPSA) is 18.5 Å². The van der Waals surface area contributed by atoms with E-state index in [0.717, 1.165) is 48.7 Å². The van der Waals surface area contributed by atoms with E-state index in [9.17, 15) is 8.78 Å². The molecule has 0 bridgehead atoms. The summed E-state index contributed by atoms with van der Waals surface area (Å²) in [6.07, 6.45) is 16.3. The van der Waals surface area contributed by atoms with Gasteiger partial charge in [-0.15, -0.1) is 0 Å². The van der Waals surface area contributed by atoms with Crippen LogP contribution in [0.25, 0.3) is 0 Å². The summed E-state index contributed by atoms with van der Waals surface area (Å²) in [5.41, 5.74) is 0.838. The van der Waals surface area contributed by atoms with Gasteiger partial charge in [0.2, 0.25) is 6.86 Å². The minimum absolute atomic E-state index is 0.0319. The third kappa shape index (κ3) is 5.80. The zero-order valence-electron chi connectivity index (χ0n) is 19.2. The third-order valence-corrected chi connectivity index (χ3v) is 8.59. The highest BCUT2D eigenvalue weighted by atomic mass is 19.1. The molecule has 3 fully saturated rings. The summed E-state index contributed by atoms with van der Waals surface area (Å²) in [6, 6.07) is 4.76. The molecule has 0 N–H and O–H groups in total. The molecule has 2 saturated carbocycles. The molecule has 174 valence electrons. The molecule has 0 radical (unpaired) electrons. The van der Waals surface area contributed by atoms with Crippen LogP contribution in [0.4, 0.5) is 8.78 Å². The fourth-order valence-electron chi connectivity index (χ4n) is 6.74. The van der Waals surface area contributed by atoms with Gasteiger partial charge in [0.25, 0.3) is 0 Å². The Bertz CT molecular complexity index is 670. The summed E-state index contributed by atoms with van der Waals surface area (Å²) in [4.78, 5) is 0. The molecule has 2 atom stereocenters. The molecule has 1 aromatic rings. The second kappa shape index (κ2) is 11.1. The van der Waals surface area contributed by atoms with Crippen molar-refractivity contribution >= 4 is 0 Å². The predicted octanol–water partition coefficient (Wildman–Crippen LogP) is 8.01. The lowest BCUT2D eigenvalue weighted by molar-refractivity contribution is -0.0422. The van der Waals surface area contributed by atoms with E-state index in [2.05, 4.69) is 11.7 Å². The Morgan fingerprint density at radius 3 is 2.03 bits per heavy atom. The van der Waals surface area contributed by atoms with Crippen LogP contribution in [-0.4, -0.2) is 13.5 Å². The number of rotatable bonds is 7. The molecule has 2 nitrogen and oxygen atoms in total. The summed E-state index contributed by atoms with van der Waals surface area (Å²) in [5.74, 6) is 3.86. The van der Waals surface area contributed by atoms with E-state index in [4.69, 9.17) is 4.74 Å². The molecule has 2 aliphatic carbocycles. The number of alkyl halides is 1. The second-order valence-electron chi connectivity index (χ2n) is 10.3. The molecule has 1 saturated heterocycles. The third-order valence-electron chi connectivity index (χ3n) is 8.59. The van der Waals surface area contributed by atoms with Crippen LogP contribution >= 0.6 is 0 Å². The summed E-state index contributed by atoms with van der Waals surface area (Å²) in [5, 5.41) is 0. The van der Waals surface area contributed by atoms with Gasteiger partial charge < -0.3 is 9.47 Å². The van der Waals surface area contributed by atoms with Gasteiger partial charge in [0.15, 0.2) is 11.6 Å². The fraction of sp³-hybridized carbons (Fsp3) is 0.778. The van der Waals surface area contributed by atoms with Gasteiger partial charge in [0.05, 0.1) is 12.7 Å². The molecule has 31 heavy (non-hydrogen) atoms. The summed E-state index contributed by atoms with van der Waals surface area (Å²) in [7, 11) is 0. The van der Waals surface area contributed by atoms with E-state index < -0.39 is 12.7 Å². The maximum absolute atomic E-state index is 14.1. The highest BCUT2D eigenvalue weighted by Gasteiger charge is 2.35. The average Bonchev–Trinajstić information content (AvgIpc) is 2.82. The maximum atomic E-state index is 14.1. The van der Waals surface area contributed by atoms with E-state index in [-0.39, 0.29) is 11.9 Å². The largest absolute Gasteiger partial charge is 0.460 e. The lowest BCUT2D eigenvalue weighted by Crippen LogP contribution is -2.32. The van der Waals surface area contributed by atoms with Crippen LogP contribution in [0.1, 0.15) is 95.6 Å². The Balaban J connectivity index is 1.20. The van der Waals surface area contributed by atoms with Gasteiger partial charge in [-0.2, -0.15) is 0 Å². The minimum atomic E-state index is -1.01. The van der Waals surface area contributed by atoms with Crippen LogP contribution in [0.3, 0.4) is 0 Å². The van der Waals surface area contributed by atoms with E-state index in [1.54, 1.807) is 6.07 Å².